The molecule has 1 heteroatoms. The van der Waals surface area contributed by atoms with Crippen LogP contribution in [-0.2, 0) is 0 Å². The third-order valence-corrected chi connectivity index (χ3v) is 4.22. The van der Waals surface area contributed by atoms with Gasteiger partial charge in [0, 0.05) is 0 Å². The topological polar surface area (TPSA) is 3.24 Å². The minimum Gasteiger partial charge on any atom is -0.306 e. The summed E-state index contributed by atoms with van der Waals surface area (Å²) >= 11 is 0. The first kappa shape index (κ1) is 14.0. The summed E-state index contributed by atoms with van der Waals surface area (Å²) in [6.45, 7) is 12.3. The molecule has 1 aliphatic rings. The summed E-state index contributed by atoms with van der Waals surface area (Å²) in [7, 11) is 2.26. The van der Waals surface area contributed by atoms with Crippen molar-refractivity contribution in [1.82, 2.24) is 4.90 Å². The molecule has 0 aromatic rings. The van der Waals surface area contributed by atoms with Gasteiger partial charge < -0.3 is 4.90 Å². The maximum absolute atomic E-state index is 2.49. The first-order valence-corrected chi connectivity index (χ1v) is 7.10. The molecule has 1 rings (SSSR count). The van der Waals surface area contributed by atoms with Crippen molar-refractivity contribution in [3.05, 3.63) is 0 Å². The van der Waals surface area contributed by atoms with E-state index in [9.17, 15) is 0 Å². The normalized spacial score (nSPS) is 22.1. The minimum atomic E-state index is 0.546. The molecule has 1 nitrogen and oxygen atoms in total. The molecule has 1 saturated heterocycles. The number of rotatable bonds is 3. The lowest BCUT2D eigenvalue weighted by molar-refractivity contribution is 0.126. The average molecular weight is 225 g/mol. The Hall–Kier alpha value is -0.0400. The highest BCUT2D eigenvalue weighted by Crippen LogP contribution is 2.39. The fraction of sp³-hybridized carbons (Fsp3) is 1.00. The fourth-order valence-corrected chi connectivity index (χ4v) is 3.47. The second-order valence-electron chi connectivity index (χ2n) is 6.87. The van der Waals surface area contributed by atoms with Gasteiger partial charge in [0.1, 0.15) is 0 Å². The zero-order chi connectivity index (χ0) is 12.2. The van der Waals surface area contributed by atoms with Crippen LogP contribution in [0.3, 0.4) is 0 Å². The van der Waals surface area contributed by atoms with Gasteiger partial charge in [-0.15, -0.1) is 0 Å². The Balaban J connectivity index is 2.50. The fourth-order valence-electron chi connectivity index (χ4n) is 3.47. The average Bonchev–Trinajstić information content (AvgIpc) is 2.08. The van der Waals surface area contributed by atoms with Crippen LogP contribution >= 0.6 is 0 Å². The van der Waals surface area contributed by atoms with Gasteiger partial charge in [-0.3, -0.25) is 0 Å². The molecule has 0 amide bonds. The number of likely N-dealkylation sites (tertiary alicyclic amines) is 1. The SMILES string of the molecule is CC(C)CC(C)(C)C1CCCN(C)CCC1. The molecule has 0 aliphatic carbocycles. The second-order valence-corrected chi connectivity index (χ2v) is 6.87. The summed E-state index contributed by atoms with van der Waals surface area (Å²) in [6.07, 6.45) is 7.03. The largest absolute Gasteiger partial charge is 0.306 e. The van der Waals surface area contributed by atoms with Gasteiger partial charge in [0.2, 0.25) is 0 Å². The van der Waals surface area contributed by atoms with Crippen molar-refractivity contribution in [2.75, 3.05) is 20.1 Å². The van der Waals surface area contributed by atoms with Gasteiger partial charge in [-0.1, -0.05) is 27.7 Å². The van der Waals surface area contributed by atoms with Crippen LogP contribution < -0.4 is 0 Å². The lowest BCUT2D eigenvalue weighted by Crippen LogP contribution is -2.31. The molecule has 0 saturated carbocycles. The Morgan fingerprint density at radius 1 is 1.12 bits per heavy atom. The van der Waals surface area contributed by atoms with Crippen LogP contribution in [0, 0.1) is 17.3 Å². The van der Waals surface area contributed by atoms with E-state index in [1.165, 1.54) is 45.2 Å². The van der Waals surface area contributed by atoms with Crippen molar-refractivity contribution in [2.45, 2.75) is 59.8 Å². The summed E-state index contributed by atoms with van der Waals surface area (Å²) < 4.78 is 0. The maximum atomic E-state index is 2.49. The summed E-state index contributed by atoms with van der Waals surface area (Å²) in [5.74, 6) is 1.78. The third-order valence-electron chi connectivity index (χ3n) is 4.22. The number of hydrogen-bond donors (Lipinski definition) is 0. The lowest BCUT2D eigenvalue weighted by Gasteiger charge is -2.38. The predicted octanol–water partition coefficient (Wildman–Crippen LogP) is 4.18. The van der Waals surface area contributed by atoms with Gasteiger partial charge in [-0.05, 0) is 69.5 Å². The van der Waals surface area contributed by atoms with Gasteiger partial charge in [-0.2, -0.15) is 0 Å². The van der Waals surface area contributed by atoms with Gasteiger partial charge >= 0.3 is 0 Å². The van der Waals surface area contributed by atoms with Crippen LogP contribution in [0.25, 0.3) is 0 Å². The van der Waals surface area contributed by atoms with Gasteiger partial charge in [0.25, 0.3) is 0 Å². The standard InChI is InChI=1S/C15H31N/c1-13(2)12-15(3,4)14-8-6-10-16(5)11-7-9-14/h13-14H,6-12H2,1-5H3. The number of nitrogens with zero attached hydrogens (tertiary/aromatic N) is 1. The van der Waals surface area contributed by atoms with Crippen molar-refractivity contribution in [3.8, 4) is 0 Å². The van der Waals surface area contributed by atoms with E-state index in [-0.39, 0.29) is 0 Å². The van der Waals surface area contributed by atoms with Crippen LogP contribution in [0.4, 0.5) is 0 Å². The molecule has 1 aliphatic heterocycles. The molecule has 0 unspecified atom stereocenters. The van der Waals surface area contributed by atoms with E-state index in [0.717, 1.165) is 11.8 Å². The summed E-state index contributed by atoms with van der Waals surface area (Å²) in [4.78, 5) is 2.49. The molecular formula is C15H31N. The van der Waals surface area contributed by atoms with Crippen LogP contribution in [0.2, 0.25) is 0 Å². The van der Waals surface area contributed by atoms with Crippen molar-refractivity contribution in [2.24, 2.45) is 17.3 Å². The first-order chi connectivity index (χ1) is 7.42. The molecule has 0 N–H and O–H groups in total. The van der Waals surface area contributed by atoms with Crippen LogP contribution in [-0.4, -0.2) is 25.0 Å². The molecule has 0 atom stereocenters. The van der Waals surface area contributed by atoms with Crippen LogP contribution in [0.15, 0.2) is 0 Å². The minimum absolute atomic E-state index is 0.546. The molecule has 0 bridgehead atoms. The predicted molar refractivity (Wildman–Crippen MR) is 72.7 cm³/mol. The lowest BCUT2D eigenvalue weighted by atomic mass is 9.69. The monoisotopic (exact) mass is 225 g/mol. The van der Waals surface area contributed by atoms with Crippen LogP contribution in [0.5, 0.6) is 0 Å². The maximum Gasteiger partial charge on any atom is -0.00217 e. The van der Waals surface area contributed by atoms with Gasteiger partial charge in [0.15, 0.2) is 0 Å². The highest BCUT2D eigenvalue weighted by Gasteiger charge is 2.30. The quantitative estimate of drug-likeness (QED) is 0.696. The molecule has 1 fully saturated rings. The van der Waals surface area contributed by atoms with Crippen molar-refractivity contribution in [1.29, 1.82) is 0 Å². The summed E-state index contributed by atoms with van der Waals surface area (Å²) in [6, 6.07) is 0. The molecule has 0 radical (unpaired) electrons. The highest BCUT2D eigenvalue weighted by atomic mass is 15.1. The third kappa shape index (κ3) is 4.45. The zero-order valence-corrected chi connectivity index (χ0v) is 12.1. The van der Waals surface area contributed by atoms with E-state index in [4.69, 9.17) is 0 Å². The van der Waals surface area contributed by atoms with Crippen molar-refractivity contribution >= 4 is 0 Å². The van der Waals surface area contributed by atoms with Crippen LogP contribution in [0.1, 0.15) is 59.8 Å². The molecule has 16 heavy (non-hydrogen) atoms. The zero-order valence-electron chi connectivity index (χ0n) is 12.1. The van der Waals surface area contributed by atoms with Gasteiger partial charge in [-0.25, -0.2) is 0 Å². The van der Waals surface area contributed by atoms with E-state index < -0.39 is 0 Å². The smallest absolute Gasteiger partial charge is 0.00217 e. The van der Waals surface area contributed by atoms with E-state index in [1.807, 2.05) is 0 Å². The highest BCUT2D eigenvalue weighted by molar-refractivity contribution is 4.81. The van der Waals surface area contributed by atoms with E-state index in [0.29, 0.717) is 5.41 Å². The molecule has 0 aromatic carbocycles. The van der Waals surface area contributed by atoms with E-state index in [1.54, 1.807) is 0 Å². The van der Waals surface area contributed by atoms with Crippen molar-refractivity contribution < 1.29 is 0 Å². The second kappa shape index (κ2) is 6.05. The Kier molecular flexibility index (Phi) is 5.30. The molecule has 0 spiro atoms. The Morgan fingerprint density at radius 2 is 1.62 bits per heavy atom. The molecular weight excluding hydrogens is 194 g/mol. The van der Waals surface area contributed by atoms with Crippen molar-refractivity contribution in [3.63, 3.8) is 0 Å². The Morgan fingerprint density at radius 3 is 2.06 bits per heavy atom. The Bertz CT molecular complexity index is 186. The summed E-state index contributed by atoms with van der Waals surface area (Å²) in [5, 5.41) is 0. The van der Waals surface area contributed by atoms with Gasteiger partial charge in [0.05, 0.1) is 0 Å². The number of hydrogen-bond acceptors (Lipinski definition) is 1. The van der Waals surface area contributed by atoms with E-state index >= 15 is 0 Å². The molecule has 96 valence electrons. The Labute approximate surface area is 103 Å². The molecule has 0 aromatic heterocycles. The van der Waals surface area contributed by atoms with E-state index in [2.05, 4.69) is 39.6 Å². The summed E-state index contributed by atoms with van der Waals surface area (Å²) in [5.41, 5.74) is 0.546. The first-order valence-electron chi connectivity index (χ1n) is 7.10. The molecule has 1 heterocycles.